The SMILES string of the molecule is CCCNC(=O)c1cccc(C(=O)N[C@@H]2CCC[C@@H]2C(=O)O)c1. The van der Waals surface area contributed by atoms with Gasteiger partial charge < -0.3 is 15.7 Å². The number of benzene rings is 1. The monoisotopic (exact) mass is 318 g/mol. The van der Waals surface area contributed by atoms with Crippen LogP contribution in [-0.2, 0) is 4.79 Å². The number of nitrogens with one attached hydrogen (secondary N) is 2. The van der Waals surface area contributed by atoms with Gasteiger partial charge in [-0.3, -0.25) is 14.4 Å². The van der Waals surface area contributed by atoms with Crippen LogP contribution >= 0.6 is 0 Å². The molecule has 0 spiro atoms. The highest BCUT2D eigenvalue weighted by molar-refractivity contribution is 5.99. The van der Waals surface area contributed by atoms with E-state index < -0.39 is 11.9 Å². The Labute approximate surface area is 135 Å². The molecule has 0 aromatic heterocycles. The third kappa shape index (κ3) is 4.31. The summed E-state index contributed by atoms with van der Waals surface area (Å²) in [5.41, 5.74) is 0.789. The predicted octanol–water partition coefficient (Wildman–Crippen LogP) is 1.81. The van der Waals surface area contributed by atoms with Crippen molar-refractivity contribution in [3.8, 4) is 0 Å². The maximum Gasteiger partial charge on any atom is 0.308 e. The van der Waals surface area contributed by atoms with E-state index in [-0.39, 0.29) is 17.9 Å². The van der Waals surface area contributed by atoms with Gasteiger partial charge in [0.25, 0.3) is 11.8 Å². The van der Waals surface area contributed by atoms with Crippen LogP contribution in [0.2, 0.25) is 0 Å². The van der Waals surface area contributed by atoms with Crippen LogP contribution in [0.4, 0.5) is 0 Å². The smallest absolute Gasteiger partial charge is 0.308 e. The highest BCUT2D eigenvalue weighted by atomic mass is 16.4. The fourth-order valence-electron chi connectivity index (χ4n) is 2.82. The van der Waals surface area contributed by atoms with E-state index in [9.17, 15) is 14.4 Å². The van der Waals surface area contributed by atoms with Gasteiger partial charge in [-0.05, 0) is 37.5 Å². The summed E-state index contributed by atoms with van der Waals surface area (Å²) in [6.07, 6.45) is 2.88. The summed E-state index contributed by atoms with van der Waals surface area (Å²) in [4.78, 5) is 35.4. The van der Waals surface area contributed by atoms with Gasteiger partial charge in [0.2, 0.25) is 0 Å². The summed E-state index contributed by atoms with van der Waals surface area (Å²) in [7, 11) is 0. The van der Waals surface area contributed by atoms with E-state index in [0.717, 1.165) is 12.8 Å². The Kier molecular flexibility index (Phi) is 5.73. The van der Waals surface area contributed by atoms with Gasteiger partial charge in [0.1, 0.15) is 0 Å². The largest absolute Gasteiger partial charge is 0.481 e. The molecule has 2 atom stereocenters. The van der Waals surface area contributed by atoms with E-state index >= 15 is 0 Å². The van der Waals surface area contributed by atoms with Gasteiger partial charge in [0.05, 0.1) is 5.92 Å². The Bertz CT molecular complexity index is 600. The van der Waals surface area contributed by atoms with E-state index in [0.29, 0.717) is 30.5 Å². The fourth-order valence-corrected chi connectivity index (χ4v) is 2.82. The van der Waals surface area contributed by atoms with Crippen LogP contribution < -0.4 is 10.6 Å². The average molecular weight is 318 g/mol. The molecule has 1 saturated carbocycles. The normalized spacial score (nSPS) is 20.0. The summed E-state index contributed by atoms with van der Waals surface area (Å²) in [6.45, 7) is 2.54. The number of carbonyl (C=O) groups excluding carboxylic acids is 2. The Morgan fingerprint density at radius 1 is 1.17 bits per heavy atom. The Morgan fingerprint density at radius 3 is 2.52 bits per heavy atom. The van der Waals surface area contributed by atoms with Crippen LogP contribution in [0, 0.1) is 5.92 Å². The molecule has 23 heavy (non-hydrogen) atoms. The quantitative estimate of drug-likeness (QED) is 0.745. The molecule has 1 aliphatic rings. The zero-order valence-electron chi connectivity index (χ0n) is 13.2. The zero-order valence-corrected chi connectivity index (χ0v) is 13.2. The van der Waals surface area contributed by atoms with Crippen LogP contribution in [0.5, 0.6) is 0 Å². The van der Waals surface area contributed by atoms with Crippen molar-refractivity contribution in [3.05, 3.63) is 35.4 Å². The Morgan fingerprint density at radius 2 is 1.87 bits per heavy atom. The lowest BCUT2D eigenvalue weighted by atomic mass is 10.0. The summed E-state index contributed by atoms with van der Waals surface area (Å²) in [5, 5.41) is 14.7. The van der Waals surface area contributed by atoms with E-state index in [1.807, 2.05) is 6.92 Å². The maximum absolute atomic E-state index is 12.3. The van der Waals surface area contributed by atoms with Gasteiger partial charge >= 0.3 is 5.97 Å². The molecule has 0 aliphatic heterocycles. The summed E-state index contributed by atoms with van der Waals surface area (Å²) in [6, 6.07) is 6.11. The lowest BCUT2D eigenvalue weighted by Gasteiger charge is -2.17. The lowest BCUT2D eigenvalue weighted by molar-refractivity contribution is -0.142. The molecule has 6 nitrogen and oxygen atoms in total. The topological polar surface area (TPSA) is 95.5 Å². The summed E-state index contributed by atoms with van der Waals surface area (Å²) >= 11 is 0. The molecular weight excluding hydrogens is 296 g/mol. The zero-order chi connectivity index (χ0) is 16.8. The fraction of sp³-hybridized carbons (Fsp3) is 0.471. The highest BCUT2D eigenvalue weighted by Crippen LogP contribution is 2.26. The molecule has 124 valence electrons. The van der Waals surface area contributed by atoms with Crippen molar-refractivity contribution in [2.75, 3.05) is 6.54 Å². The first kappa shape index (κ1) is 17.0. The van der Waals surface area contributed by atoms with Crippen LogP contribution in [0.1, 0.15) is 53.3 Å². The molecule has 6 heteroatoms. The van der Waals surface area contributed by atoms with Gasteiger partial charge in [0.15, 0.2) is 0 Å². The first-order valence-corrected chi connectivity index (χ1v) is 7.95. The number of amides is 2. The highest BCUT2D eigenvalue weighted by Gasteiger charge is 2.34. The van der Waals surface area contributed by atoms with Gasteiger partial charge in [-0.15, -0.1) is 0 Å². The van der Waals surface area contributed by atoms with Crippen molar-refractivity contribution in [3.63, 3.8) is 0 Å². The third-order valence-electron chi connectivity index (χ3n) is 4.07. The second kappa shape index (κ2) is 7.76. The first-order valence-electron chi connectivity index (χ1n) is 7.95. The van der Waals surface area contributed by atoms with Gasteiger partial charge in [-0.1, -0.05) is 19.4 Å². The minimum absolute atomic E-state index is 0.217. The number of hydrogen-bond acceptors (Lipinski definition) is 3. The molecule has 1 aromatic carbocycles. The van der Waals surface area contributed by atoms with Gasteiger partial charge in [-0.2, -0.15) is 0 Å². The third-order valence-corrected chi connectivity index (χ3v) is 4.07. The Hall–Kier alpha value is -2.37. The molecule has 1 aromatic rings. The van der Waals surface area contributed by atoms with Crippen LogP contribution in [0.15, 0.2) is 24.3 Å². The number of carboxylic acids is 1. The van der Waals surface area contributed by atoms with Crippen LogP contribution in [-0.4, -0.2) is 35.5 Å². The molecule has 0 radical (unpaired) electrons. The number of aliphatic carboxylic acids is 1. The van der Waals surface area contributed by atoms with Crippen molar-refractivity contribution in [2.24, 2.45) is 5.92 Å². The van der Waals surface area contributed by atoms with Crippen molar-refractivity contribution >= 4 is 17.8 Å². The molecule has 2 amide bonds. The van der Waals surface area contributed by atoms with E-state index in [4.69, 9.17) is 5.11 Å². The molecule has 0 bridgehead atoms. The predicted molar refractivity (Wildman–Crippen MR) is 85.3 cm³/mol. The van der Waals surface area contributed by atoms with Gasteiger partial charge in [0, 0.05) is 23.7 Å². The van der Waals surface area contributed by atoms with E-state index in [1.165, 1.54) is 6.07 Å². The van der Waals surface area contributed by atoms with Crippen LogP contribution in [0.3, 0.4) is 0 Å². The summed E-state index contributed by atoms with van der Waals surface area (Å²) in [5.74, 6) is -1.96. The standard InChI is InChI=1S/C17H22N2O4/c1-2-9-18-15(20)11-5-3-6-12(10-11)16(21)19-14-8-4-7-13(14)17(22)23/h3,5-6,10,13-14H,2,4,7-9H2,1H3,(H,18,20)(H,19,21)(H,22,23)/t13-,14+/m0/s1. The maximum atomic E-state index is 12.3. The molecule has 0 heterocycles. The van der Waals surface area contributed by atoms with E-state index in [1.54, 1.807) is 18.2 Å². The van der Waals surface area contributed by atoms with Crippen molar-refractivity contribution in [2.45, 2.75) is 38.6 Å². The molecule has 0 unspecified atom stereocenters. The minimum atomic E-state index is -0.875. The molecule has 0 saturated heterocycles. The number of rotatable bonds is 6. The van der Waals surface area contributed by atoms with Crippen molar-refractivity contribution in [1.82, 2.24) is 10.6 Å². The van der Waals surface area contributed by atoms with Crippen molar-refractivity contribution < 1.29 is 19.5 Å². The second-order valence-electron chi connectivity index (χ2n) is 5.79. The van der Waals surface area contributed by atoms with E-state index in [2.05, 4.69) is 10.6 Å². The molecular formula is C17H22N2O4. The lowest BCUT2D eigenvalue weighted by Crippen LogP contribution is -2.40. The molecule has 1 aliphatic carbocycles. The average Bonchev–Trinajstić information content (AvgIpc) is 3.01. The second-order valence-corrected chi connectivity index (χ2v) is 5.79. The number of carboxylic acid groups (broad SMARTS) is 1. The molecule has 1 fully saturated rings. The van der Waals surface area contributed by atoms with Crippen LogP contribution in [0.25, 0.3) is 0 Å². The number of carbonyl (C=O) groups is 3. The summed E-state index contributed by atoms with van der Waals surface area (Å²) < 4.78 is 0. The number of hydrogen-bond donors (Lipinski definition) is 3. The Balaban J connectivity index is 2.05. The van der Waals surface area contributed by atoms with Gasteiger partial charge in [-0.25, -0.2) is 0 Å². The minimum Gasteiger partial charge on any atom is -0.481 e. The first-order chi connectivity index (χ1) is 11.0. The molecule has 2 rings (SSSR count). The van der Waals surface area contributed by atoms with Crippen molar-refractivity contribution in [1.29, 1.82) is 0 Å². The molecule has 3 N–H and O–H groups in total.